The van der Waals surface area contributed by atoms with Crippen molar-refractivity contribution in [3.8, 4) is 0 Å². The summed E-state index contributed by atoms with van der Waals surface area (Å²) in [5.41, 5.74) is -0.862. The van der Waals surface area contributed by atoms with Gasteiger partial charge in [-0.3, -0.25) is 0 Å². The molecular formula is C25H39F3N2O4S. The van der Waals surface area contributed by atoms with Crippen LogP contribution in [0.3, 0.4) is 0 Å². The SMILES string of the molecule is CN(C1CCC(OCCCCCCN2CCC(O)CC2)CC1)S(=O)(=O)c1ccc(C(F)(F)F)cc1. The van der Waals surface area contributed by atoms with Crippen LogP contribution in [-0.2, 0) is 20.9 Å². The number of likely N-dealkylation sites (tertiary alicyclic amines) is 1. The number of unbranched alkanes of at least 4 members (excludes halogenated alkanes) is 3. The van der Waals surface area contributed by atoms with Gasteiger partial charge in [-0.15, -0.1) is 0 Å². The second-order valence-corrected chi connectivity index (χ2v) is 11.8. The summed E-state index contributed by atoms with van der Waals surface area (Å²) < 4.78 is 71.4. The van der Waals surface area contributed by atoms with Crippen molar-refractivity contribution in [3.63, 3.8) is 0 Å². The number of nitrogens with zero attached hydrogens (tertiary/aromatic N) is 2. The summed E-state index contributed by atoms with van der Waals surface area (Å²) in [6, 6.07) is 3.49. The lowest BCUT2D eigenvalue weighted by molar-refractivity contribution is -0.137. The number of alkyl halides is 3. The molecule has 0 atom stereocenters. The zero-order valence-corrected chi connectivity index (χ0v) is 21.4. The molecule has 2 aliphatic rings. The molecule has 35 heavy (non-hydrogen) atoms. The molecule has 1 aliphatic heterocycles. The first-order valence-electron chi connectivity index (χ1n) is 12.7. The number of hydrogen-bond acceptors (Lipinski definition) is 5. The molecule has 0 radical (unpaired) electrons. The molecular weight excluding hydrogens is 481 g/mol. The fourth-order valence-electron chi connectivity index (χ4n) is 4.94. The van der Waals surface area contributed by atoms with Crippen molar-refractivity contribution >= 4 is 10.0 Å². The number of aliphatic hydroxyl groups excluding tert-OH is 1. The highest BCUT2D eigenvalue weighted by Gasteiger charge is 2.34. The van der Waals surface area contributed by atoms with Crippen LogP contribution < -0.4 is 0 Å². The number of rotatable bonds is 11. The van der Waals surface area contributed by atoms with Gasteiger partial charge >= 0.3 is 6.18 Å². The normalized spacial score (nSPS) is 23.1. The van der Waals surface area contributed by atoms with Gasteiger partial charge in [0.1, 0.15) is 0 Å². The molecule has 1 saturated carbocycles. The molecule has 1 saturated heterocycles. The van der Waals surface area contributed by atoms with Gasteiger partial charge in [0.2, 0.25) is 10.0 Å². The highest BCUT2D eigenvalue weighted by molar-refractivity contribution is 7.89. The lowest BCUT2D eigenvalue weighted by Gasteiger charge is -2.34. The Balaban J connectivity index is 1.31. The van der Waals surface area contributed by atoms with Crippen molar-refractivity contribution in [2.75, 3.05) is 33.3 Å². The second kappa shape index (κ2) is 12.9. The molecule has 0 unspecified atom stereocenters. The van der Waals surface area contributed by atoms with Crippen LogP contribution in [0.4, 0.5) is 13.2 Å². The Bertz CT molecular complexity index is 864. The fourth-order valence-corrected chi connectivity index (χ4v) is 6.35. The minimum Gasteiger partial charge on any atom is -0.393 e. The van der Waals surface area contributed by atoms with E-state index in [4.69, 9.17) is 4.74 Å². The van der Waals surface area contributed by atoms with Gasteiger partial charge < -0.3 is 14.7 Å². The number of halogens is 3. The molecule has 0 spiro atoms. The smallest absolute Gasteiger partial charge is 0.393 e. The quantitative estimate of drug-likeness (QED) is 0.430. The molecule has 0 aromatic heterocycles. The van der Waals surface area contributed by atoms with Crippen molar-refractivity contribution in [3.05, 3.63) is 29.8 Å². The first-order chi connectivity index (χ1) is 16.6. The molecule has 10 heteroatoms. The molecule has 0 bridgehead atoms. The predicted molar refractivity (Wildman–Crippen MR) is 129 cm³/mol. The van der Waals surface area contributed by atoms with Crippen LogP contribution in [0.25, 0.3) is 0 Å². The maximum atomic E-state index is 12.9. The van der Waals surface area contributed by atoms with E-state index < -0.39 is 21.8 Å². The molecule has 2 fully saturated rings. The summed E-state index contributed by atoms with van der Waals surface area (Å²) in [6.07, 6.45) is 4.65. The molecule has 1 aromatic rings. The van der Waals surface area contributed by atoms with Gasteiger partial charge in [-0.1, -0.05) is 12.8 Å². The van der Waals surface area contributed by atoms with Crippen LogP contribution in [0.5, 0.6) is 0 Å². The Morgan fingerprint density at radius 1 is 0.971 bits per heavy atom. The van der Waals surface area contributed by atoms with Crippen molar-refractivity contribution in [2.45, 2.75) is 93.5 Å². The van der Waals surface area contributed by atoms with Gasteiger partial charge in [0.25, 0.3) is 0 Å². The molecule has 1 N–H and O–H groups in total. The van der Waals surface area contributed by atoms with Crippen LogP contribution in [0, 0.1) is 0 Å². The summed E-state index contributed by atoms with van der Waals surface area (Å²) >= 11 is 0. The lowest BCUT2D eigenvalue weighted by Crippen LogP contribution is -2.40. The molecule has 200 valence electrons. The van der Waals surface area contributed by atoms with E-state index in [0.717, 1.165) is 82.4 Å². The van der Waals surface area contributed by atoms with Crippen LogP contribution >= 0.6 is 0 Å². The monoisotopic (exact) mass is 520 g/mol. The lowest BCUT2D eigenvalue weighted by atomic mass is 9.93. The molecule has 1 heterocycles. The van der Waals surface area contributed by atoms with Crippen molar-refractivity contribution in [2.24, 2.45) is 0 Å². The van der Waals surface area contributed by atoms with Gasteiger partial charge in [-0.05, 0) is 82.2 Å². The summed E-state index contributed by atoms with van der Waals surface area (Å²) in [5, 5.41) is 9.56. The summed E-state index contributed by atoms with van der Waals surface area (Å²) in [4.78, 5) is 2.31. The second-order valence-electron chi connectivity index (χ2n) is 9.83. The van der Waals surface area contributed by atoms with Gasteiger partial charge in [-0.25, -0.2) is 8.42 Å². The maximum absolute atomic E-state index is 12.9. The minimum absolute atomic E-state index is 0.121. The molecule has 6 nitrogen and oxygen atoms in total. The average Bonchev–Trinajstić information content (AvgIpc) is 2.84. The van der Waals surface area contributed by atoms with Crippen molar-refractivity contribution < 1.29 is 31.4 Å². The summed E-state index contributed by atoms with van der Waals surface area (Å²) in [5.74, 6) is 0. The van der Waals surface area contributed by atoms with E-state index in [-0.39, 0.29) is 23.1 Å². The van der Waals surface area contributed by atoms with E-state index in [1.54, 1.807) is 0 Å². The first-order valence-corrected chi connectivity index (χ1v) is 14.2. The predicted octanol–water partition coefficient (Wildman–Crippen LogP) is 4.67. The van der Waals surface area contributed by atoms with Crippen LogP contribution in [0.2, 0.25) is 0 Å². The van der Waals surface area contributed by atoms with Crippen LogP contribution in [0.15, 0.2) is 29.2 Å². The third-order valence-corrected chi connectivity index (χ3v) is 9.22. The summed E-state index contributed by atoms with van der Waals surface area (Å²) in [6.45, 7) is 3.80. The molecule has 0 amide bonds. The van der Waals surface area contributed by atoms with Gasteiger partial charge in [0, 0.05) is 32.8 Å². The highest BCUT2D eigenvalue weighted by atomic mass is 32.2. The third kappa shape index (κ3) is 8.42. The van der Waals surface area contributed by atoms with Crippen LogP contribution in [0.1, 0.15) is 69.8 Å². The number of ether oxygens (including phenoxy) is 1. The van der Waals surface area contributed by atoms with E-state index in [1.165, 1.54) is 24.2 Å². The van der Waals surface area contributed by atoms with Gasteiger partial charge in [0.15, 0.2) is 0 Å². The number of benzene rings is 1. The summed E-state index contributed by atoms with van der Waals surface area (Å²) in [7, 11) is -2.34. The van der Waals surface area contributed by atoms with E-state index >= 15 is 0 Å². The number of piperidine rings is 1. The molecule has 1 aromatic carbocycles. The zero-order valence-electron chi connectivity index (χ0n) is 20.5. The van der Waals surface area contributed by atoms with Crippen molar-refractivity contribution in [1.82, 2.24) is 9.21 Å². The van der Waals surface area contributed by atoms with Gasteiger partial charge in [0.05, 0.1) is 22.7 Å². The molecule has 3 rings (SSSR count). The highest BCUT2D eigenvalue weighted by Crippen LogP contribution is 2.32. The number of aliphatic hydroxyl groups is 1. The Kier molecular flexibility index (Phi) is 10.4. The van der Waals surface area contributed by atoms with E-state index in [9.17, 15) is 26.7 Å². The minimum atomic E-state index is -4.50. The maximum Gasteiger partial charge on any atom is 0.416 e. The topological polar surface area (TPSA) is 70.1 Å². The Morgan fingerprint density at radius 2 is 1.57 bits per heavy atom. The number of sulfonamides is 1. The van der Waals surface area contributed by atoms with Crippen molar-refractivity contribution in [1.29, 1.82) is 0 Å². The Labute approximate surface area is 207 Å². The Morgan fingerprint density at radius 3 is 2.17 bits per heavy atom. The Hall–Kier alpha value is -1.20. The van der Waals surface area contributed by atoms with E-state index in [2.05, 4.69) is 4.90 Å². The van der Waals surface area contributed by atoms with Crippen LogP contribution in [-0.4, -0.2) is 74.3 Å². The molecule has 1 aliphatic carbocycles. The first kappa shape index (κ1) is 28.4. The average molecular weight is 521 g/mol. The standard InChI is InChI=1S/C25H39F3N2O4S/c1-29(35(32,33)24-12-6-20(7-13-24)25(26,27)28)21-8-10-23(11-9-21)34-19-5-3-2-4-16-30-17-14-22(31)15-18-30/h6-7,12-13,21-23,31H,2-5,8-11,14-19H2,1H3. The third-order valence-electron chi connectivity index (χ3n) is 7.30. The van der Waals surface area contributed by atoms with E-state index in [0.29, 0.717) is 19.4 Å². The largest absolute Gasteiger partial charge is 0.416 e. The zero-order chi connectivity index (χ0) is 25.5. The van der Waals surface area contributed by atoms with E-state index in [1.807, 2.05) is 0 Å². The van der Waals surface area contributed by atoms with Gasteiger partial charge in [-0.2, -0.15) is 17.5 Å². The fraction of sp³-hybridized carbons (Fsp3) is 0.760. The number of hydrogen-bond donors (Lipinski definition) is 1.